The highest BCUT2D eigenvalue weighted by molar-refractivity contribution is 5.75. The molecule has 2 heteroatoms. The van der Waals surface area contributed by atoms with Crippen LogP contribution in [-0.4, -0.2) is 30.3 Å². The minimum atomic E-state index is 0.324. The Morgan fingerprint density at radius 1 is 1.38 bits per heavy atom. The molecule has 2 nitrogen and oxygen atoms in total. The Morgan fingerprint density at radius 3 is 2.54 bits per heavy atom. The van der Waals surface area contributed by atoms with Crippen LogP contribution in [0.15, 0.2) is 0 Å². The van der Waals surface area contributed by atoms with Crippen LogP contribution in [0.25, 0.3) is 0 Å². The van der Waals surface area contributed by atoms with E-state index in [2.05, 4.69) is 11.8 Å². The van der Waals surface area contributed by atoms with Crippen molar-refractivity contribution in [3.63, 3.8) is 0 Å². The van der Waals surface area contributed by atoms with E-state index in [9.17, 15) is 4.79 Å². The number of carbonyl (C=O) groups excluding carboxylic acids is 1. The molecule has 0 aromatic heterocycles. The van der Waals surface area contributed by atoms with Crippen LogP contribution in [0.2, 0.25) is 0 Å². The number of carbonyl (C=O) groups is 1. The van der Waals surface area contributed by atoms with Gasteiger partial charge in [0.05, 0.1) is 0 Å². The lowest BCUT2D eigenvalue weighted by molar-refractivity contribution is -0.117. The number of ketones is 1. The fraction of sp³-hybridized carbons (Fsp3) is 0.909. The van der Waals surface area contributed by atoms with Gasteiger partial charge in [0.15, 0.2) is 0 Å². The Labute approximate surface area is 81.3 Å². The zero-order valence-electron chi connectivity index (χ0n) is 8.88. The molecule has 0 aromatic carbocycles. The molecular weight excluding hydrogens is 162 g/mol. The van der Waals surface area contributed by atoms with E-state index in [0.29, 0.717) is 5.78 Å². The van der Waals surface area contributed by atoms with Gasteiger partial charge in [0.2, 0.25) is 0 Å². The molecule has 1 heterocycles. The lowest BCUT2D eigenvalue weighted by Crippen LogP contribution is -2.33. The standard InChI is InChI=1S/C11H21NO/c1-10-5-8-12(9-6-10)7-3-4-11(2)13/h10H,3-9H2,1-2H3. The van der Waals surface area contributed by atoms with Gasteiger partial charge in [-0.1, -0.05) is 6.92 Å². The zero-order valence-corrected chi connectivity index (χ0v) is 8.88. The van der Waals surface area contributed by atoms with Gasteiger partial charge >= 0.3 is 0 Å². The van der Waals surface area contributed by atoms with Gasteiger partial charge in [-0.3, -0.25) is 0 Å². The quantitative estimate of drug-likeness (QED) is 0.665. The highest BCUT2D eigenvalue weighted by Crippen LogP contribution is 2.16. The van der Waals surface area contributed by atoms with Crippen LogP contribution in [0, 0.1) is 5.92 Å². The van der Waals surface area contributed by atoms with Crippen molar-refractivity contribution in [2.24, 2.45) is 5.92 Å². The van der Waals surface area contributed by atoms with Crippen molar-refractivity contribution in [3.05, 3.63) is 0 Å². The molecule has 1 aliphatic rings. The summed E-state index contributed by atoms with van der Waals surface area (Å²) in [5, 5.41) is 0. The molecule has 0 radical (unpaired) electrons. The molecule has 0 atom stereocenters. The van der Waals surface area contributed by atoms with Gasteiger partial charge in [-0.15, -0.1) is 0 Å². The molecule has 0 saturated carbocycles. The van der Waals surface area contributed by atoms with Crippen molar-refractivity contribution in [3.8, 4) is 0 Å². The van der Waals surface area contributed by atoms with Crippen molar-refractivity contribution in [1.29, 1.82) is 0 Å². The summed E-state index contributed by atoms with van der Waals surface area (Å²) in [5.41, 5.74) is 0. The van der Waals surface area contributed by atoms with E-state index in [4.69, 9.17) is 0 Å². The summed E-state index contributed by atoms with van der Waals surface area (Å²) in [6.07, 6.45) is 4.47. The minimum Gasteiger partial charge on any atom is -0.303 e. The van der Waals surface area contributed by atoms with E-state index in [0.717, 1.165) is 25.3 Å². The molecule has 0 unspecified atom stereocenters. The largest absolute Gasteiger partial charge is 0.303 e. The number of nitrogens with zero attached hydrogens (tertiary/aromatic N) is 1. The van der Waals surface area contributed by atoms with E-state index >= 15 is 0 Å². The monoisotopic (exact) mass is 183 g/mol. The van der Waals surface area contributed by atoms with E-state index in [1.807, 2.05) is 0 Å². The molecule has 1 aliphatic heterocycles. The SMILES string of the molecule is CC(=O)CCCN1CCC(C)CC1. The number of Topliss-reactive ketones (excluding diaryl/α,β-unsaturated/α-hetero) is 1. The third-order valence-corrected chi connectivity index (χ3v) is 2.88. The van der Waals surface area contributed by atoms with Gasteiger partial charge in [-0.2, -0.15) is 0 Å². The van der Waals surface area contributed by atoms with E-state index in [1.54, 1.807) is 6.92 Å². The Balaban J connectivity index is 2.05. The van der Waals surface area contributed by atoms with Crippen molar-refractivity contribution >= 4 is 5.78 Å². The summed E-state index contributed by atoms with van der Waals surface area (Å²) in [6, 6.07) is 0. The summed E-state index contributed by atoms with van der Waals surface area (Å²) < 4.78 is 0. The molecule has 1 rings (SSSR count). The van der Waals surface area contributed by atoms with Crippen molar-refractivity contribution in [2.45, 2.75) is 39.5 Å². The molecule has 0 bridgehead atoms. The molecular formula is C11H21NO. The predicted molar refractivity (Wildman–Crippen MR) is 54.8 cm³/mol. The summed E-state index contributed by atoms with van der Waals surface area (Å²) in [4.78, 5) is 13.2. The van der Waals surface area contributed by atoms with Gasteiger partial charge in [-0.05, 0) is 51.7 Å². The zero-order chi connectivity index (χ0) is 9.68. The molecule has 0 aliphatic carbocycles. The molecule has 13 heavy (non-hydrogen) atoms. The van der Waals surface area contributed by atoms with Gasteiger partial charge in [0.1, 0.15) is 5.78 Å². The average molecular weight is 183 g/mol. The van der Waals surface area contributed by atoms with Crippen molar-refractivity contribution in [1.82, 2.24) is 4.90 Å². The number of hydrogen-bond donors (Lipinski definition) is 0. The number of rotatable bonds is 4. The molecule has 0 spiro atoms. The van der Waals surface area contributed by atoms with Gasteiger partial charge in [0.25, 0.3) is 0 Å². The Kier molecular flexibility index (Phi) is 4.43. The molecule has 0 amide bonds. The van der Waals surface area contributed by atoms with Gasteiger partial charge < -0.3 is 9.69 Å². The fourth-order valence-electron chi connectivity index (χ4n) is 1.84. The van der Waals surface area contributed by atoms with Crippen LogP contribution in [0.5, 0.6) is 0 Å². The maximum Gasteiger partial charge on any atom is 0.129 e. The van der Waals surface area contributed by atoms with Crippen LogP contribution in [0.4, 0.5) is 0 Å². The minimum absolute atomic E-state index is 0.324. The number of piperidine rings is 1. The average Bonchev–Trinajstić information content (AvgIpc) is 2.08. The second kappa shape index (κ2) is 5.38. The summed E-state index contributed by atoms with van der Waals surface area (Å²) >= 11 is 0. The summed E-state index contributed by atoms with van der Waals surface area (Å²) in [5.74, 6) is 1.23. The topological polar surface area (TPSA) is 20.3 Å². The second-order valence-corrected chi connectivity index (χ2v) is 4.33. The van der Waals surface area contributed by atoms with Gasteiger partial charge in [-0.25, -0.2) is 0 Å². The van der Waals surface area contributed by atoms with Crippen LogP contribution in [-0.2, 0) is 4.79 Å². The maximum atomic E-state index is 10.7. The molecule has 0 aromatic rings. The third kappa shape index (κ3) is 4.41. The van der Waals surface area contributed by atoms with E-state index in [-0.39, 0.29) is 0 Å². The van der Waals surface area contributed by atoms with Crippen LogP contribution in [0.3, 0.4) is 0 Å². The maximum absolute atomic E-state index is 10.7. The van der Waals surface area contributed by atoms with E-state index < -0.39 is 0 Å². The first-order valence-corrected chi connectivity index (χ1v) is 5.40. The summed E-state index contributed by atoms with van der Waals surface area (Å²) in [7, 11) is 0. The first kappa shape index (κ1) is 10.7. The molecule has 0 N–H and O–H groups in total. The molecule has 76 valence electrons. The third-order valence-electron chi connectivity index (χ3n) is 2.88. The fourth-order valence-corrected chi connectivity index (χ4v) is 1.84. The molecule has 1 fully saturated rings. The highest BCUT2D eigenvalue weighted by Gasteiger charge is 2.14. The van der Waals surface area contributed by atoms with Crippen LogP contribution >= 0.6 is 0 Å². The highest BCUT2D eigenvalue weighted by atomic mass is 16.1. The first-order valence-electron chi connectivity index (χ1n) is 5.40. The second-order valence-electron chi connectivity index (χ2n) is 4.33. The van der Waals surface area contributed by atoms with E-state index in [1.165, 1.54) is 25.9 Å². The van der Waals surface area contributed by atoms with Gasteiger partial charge in [0, 0.05) is 6.42 Å². The smallest absolute Gasteiger partial charge is 0.129 e. The van der Waals surface area contributed by atoms with Crippen molar-refractivity contribution in [2.75, 3.05) is 19.6 Å². The first-order chi connectivity index (χ1) is 6.18. The number of likely N-dealkylation sites (tertiary alicyclic amines) is 1. The van der Waals surface area contributed by atoms with Crippen LogP contribution < -0.4 is 0 Å². The Hall–Kier alpha value is -0.370. The van der Waals surface area contributed by atoms with Crippen LogP contribution in [0.1, 0.15) is 39.5 Å². The Bertz CT molecular complexity index is 159. The normalized spacial score (nSPS) is 20.5. The Morgan fingerprint density at radius 2 is 2.00 bits per heavy atom. The predicted octanol–water partition coefficient (Wildman–Crippen LogP) is 2.09. The summed E-state index contributed by atoms with van der Waals surface area (Å²) in [6.45, 7) is 7.59. The lowest BCUT2D eigenvalue weighted by atomic mass is 9.99. The van der Waals surface area contributed by atoms with Crippen molar-refractivity contribution < 1.29 is 4.79 Å². The molecule has 1 saturated heterocycles. The number of hydrogen-bond acceptors (Lipinski definition) is 2. The lowest BCUT2D eigenvalue weighted by Gasteiger charge is -2.29.